The van der Waals surface area contributed by atoms with Gasteiger partial charge in [-0.2, -0.15) is 27.1 Å². The van der Waals surface area contributed by atoms with E-state index in [1.807, 2.05) is 16.8 Å². The fourth-order valence-electron chi connectivity index (χ4n) is 4.22. The van der Waals surface area contributed by atoms with E-state index >= 15 is 0 Å². The largest absolute Gasteiger partial charge is 0.329 e. The van der Waals surface area contributed by atoms with E-state index in [9.17, 15) is 15.8 Å². The quantitative estimate of drug-likeness (QED) is 0.797. The lowest BCUT2D eigenvalue weighted by Gasteiger charge is -2.46. The number of hydrogen-bond acceptors (Lipinski definition) is 5. The molecule has 1 aromatic heterocycles. The Balaban J connectivity index is 2.21. The molecule has 126 valence electrons. The summed E-state index contributed by atoms with van der Waals surface area (Å²) in [6, 6.07) is 8.80. The van der Waals surface area contributed by atoms with Crippen molar-refractivity contribution in [2.75, 3.05) is 13.1 Å². The van der Waals surface area contributed by atoms with E-state index in [0.29, 0.717) is 6.04 Å². The third-order valence-corrected chi connectivity index (χ3v) is 6.33. The van der Waals surface area contributed by atoms with Gasteiger partial charge in [-0.15, -0.1) is 0 Å². The van der Waals surface area contributed by atoms with Gasteiger partial charge in [0, 0.05) is 11.8 Å². The molecule has 0 bridgehead atoms. The van der Waals surface area contributed by atoms with Crippen molar-refractivity contribution in [3.05, 3.63) is 34.0 Å². The first-order valence-electron chi connectivity index (χ1n) is 8.37. The molecule has 3 rings (SSSR count). The second kappa shape index (κ2) is 6.45. The molecular formula is C19H20N5S+. The van der Waals surface area contributed by atoms with E-state index in [4.69, 9.17) is 5.41 Å². The topological polar surface area (TPSA) is 99.7 Å². The van der Waals surface area contributed by atoms with Crippen LogP contribution in [-0.4, -0.2) is 24.8 Å². The summed E-state index contributed by atoms with van der Waals surface area (Å²) in [5.41, 5.74) is 0.208. The third-order valence-electron chi connectivity index (χ3n) is 5.63. The first kappa shape index (κ1) is 17.4. The van der Waals surface area contributed by atoms with Crippen molar-refractivity contribution in [2.24, 2.45) is 17.3 Å². The molecule has 0 aromatic carbocycles. The summed E-state index contributed by atoms with van der Waals surface area (Å²) in [7, 11) is 0. The molecule has 25 heavy (non-hydrogen) atoms. The molecule has 0 amide bonds. The summed E-state index contributed by atoms with van der Waals surface area (Å²) in [4.78, 5) is 1.38. The van der Waals surface area contributed by atoms with Gasteiger partial charge < -0.3 is 10.3 Å². The van der Waals surface area contributed by atoms with E-state index < -0.39 is 17.3 Å². The number of quaternary nitrogens is 1. The molecule has 0 saturated heterocycles. The Hall–Kier alpha value is -2.46. The molecule has 6 heteroatoms. The fraction of sp³-hybridized carbons (Fsp3) is 0.474. The fourth-order valence-corrected chi connectivity index (χ4v) is 4.92. The van der Waals surface area contributed by atoms with Crippen LogP contribution in [0.1, 0.15) is 25.3 Å². The summed E-state index contributed by atoms with van der Waals surface area (Å²) in [6.45, 7) is 5.91. The van der Waals surface area contributed by atoms with E-state index in [0.717, 1.165) is 24.2 Å². The van der Waals surface area contributed by atoms with Gasteiger partial charge in [-0.25, -0.2) is 0 Å². The molecule has 2 unspecified atom stereocenters. The minimum absolute atomic E-state index is 0.0632. The second-order valence-electron chi connectivity index (χ2n) is 7.07. The smallest absolute Gasteiger partial charge is 0.190 e. The number of hydrogen-bond donors (Lipinski definition) is 2. The molecule has 1 aliphatic heterocycles. The number of fused-ring (bicyclic) bond motifs is 1. The molecule has 1 aliphatic carbocycles. The van der Waals surface area contributed by atoms with Gasteiger partial charge in [0.1, 0.15) is 5.92 Å². The molecule has 2 heterocycles. The maximum absolute atomic E-state index is 9.91. The third kappa shape index (κ3) is 2.48. The van der Waals surface area contributed by atoms with Crippen LogP contribution in [0.4, 0.5) is 0 Å². The van der Waals surface area contributed by atoms with E-state index in [2.05, 4.69) is 38.1 Å². The van der Waals surface area contributed by atoms with Crippen LogP contribution in [0, 0.1) is 56.7 Å². The summed E-state index contributed by atoms with van der Waals surface area (Å²) in [5.74, 6) is -1.24. The zero-order valence-electron chi connectivity index (χ0n) is 14.3. The predicted molar refractivity (Wildman–Crippen MR) is 95.0 cm³/mol. The van der Waals surface area contributed by atoms with Gasteiger partial charge in [-0.1, -0.05) is 0 Å². The molecule has 2 N–H and O–H groups in total. The lowest BCUT2D eigenvalue weighted by Crippen LogP contribution is -3.16. The SMILES string of the molecule is CC(C)[NH+]1CC=C2C(C#N)C(=N)C(C#N)(C#N)[C@@H](c3ccsc3)[C@@H]2C1. The summed E-state index contributed by atoms with van der Waals surface area (Å²) < 4.78 is 0. The Labute approximate surface area is 151 Å². The number of nitrogens with zero attached hydrogens (tertiary/aromatic N) is 3. The second-order valence-corrected chi connectivity index (χ2v) is 7.85. The van der Waals surface area contributed by atoms with Crippen molar-refractivity contribution in [3.8, 4) is 18.2 Å². The number of nitriles is 3. The van der Waals surface area contributed by atoms with Gasteiger partial charge in [-0.3, -0.25) is 0 Å². The highest BCUT2D eigenvalue weighted by molar-refractivity contribution is 7.08. The minimum Gasteiger partial charge on any atom is -0.329 e. The van der Waals surface area contributed by atoms with E-state index in [-0.39, 0.29) is 11.6 Å². The maximum atomic E-state index is 9.91. The molecule has 4 atom stereocenters. The molecule has 0 radical (unpaired) electrons. The molecular weight excluding hydrogens is 330 g/mol. The van der Waals surface area contributed by atoms with Crippen LogP contribution in [0.3, 0.4) is 0 Å². The lowest BCUT2D eigenvalue weighted by molar-refractivity contribution is -0.920. The van der Waals surface area contributed by atoms with Crippen LogP contribution in [0.15, 0.2) is 28.5 Å². The Morgan fingerprint density at radius 1 is 1.32 bits per heavy atom. The predicted octanol–water partition coefficient (Wildman–Crippen LogP) is 1.89. The molecule has 2 aliphatic rings. The van der Waals surface area contributed by atoms with Crippen molar-refractivity contribution in [1.82, 2.24) is 0 Å². The highest BCUT2D eigenvalue weighted by Gasteiger charge is 2.58. The van der Waals surface area contributed by atoms with Crippen molar-refractivity contribution in [3.63, 3.8) is 0 Å². The molecule has 5 nitrogen and oxygen atoms in total. The van der Waals surface area contributed by atoms with Crippen LogP contribution in [0.25, 0.3) is 0 Å². The number of thiophene rings is 1. The zero-order chi connectivity index (χ0) is 18.2. The molecule has 1 saturated carbocycles. The standard InChI is InChI=1S/C19H19N5S/c1-12(2)24-5-3-14-15(7-20)18(23)19(10-21,11-22)17(16(14)8-24)13-4-6-25-9-13/h3-4,6,9,12,15-17,23H,5,8H2,1-2H3/p+1/t15?,16-,17+/m1/s1. The average Bonchev–Trinajstić information content (AvgIpc) is 3.14. The monoisotopic (exact) mass is 350 g/mol. The van der Waals surface area contributed by atoms with Crippen LogP contribution in [0.5, 0.6) is 0 Å². The summed E-state index contributed by atoms with van der Waals surface area (Å²) in [5, 5.41) is 41.9. The van der Waals surface area contributed by atoms with E-state index in [1.165, 1.54) is 16.2 Å². The van der Waals surface area contributed by atoms with Crippen LogP contribution in [-0.2, 0) is 0 Å². The van der Waals surface area contributed by atoms with Crippen LogP contribution >= 0.6 is 11.3 Å². The highest BCUT2D eigenvalue weighted by Crippen LogP contribution is 2.52. The molecule has 1 aromatic rings. The maximum Gasteiger partial charge on any atom is 0.190 e. The Morgan fingerprint density at radius 3 is 2.56 bits per heavy atom. The Kier molecular flexibility index (Phi) is 4.48. The minimum atomic E-state index is -1.58. The zero-order valence-corrected chi connectivity index (χ0v) is 15.1. The van der Waals surface area contributed by atoms with Gasteiger partial charge in [0.2, 0.25) is 0 Å². The van der Waals surface area contributed by atoms with Crippen LogP contribution < -0.4 is 4.90 Å². The Morgan fingerprint density at radius 2 is 2.04 bits per heavy atom. The van der Waals surface area contributed by atoms with Crippen LogP contribution in [0.2, 0.25) is 0 Å². The van der Waals surface area contributed by atoms with Crippen molar-refractivity contribution >= 4 is 17.0 Å². The molecule has 0 spiro atoms. The molecule has 1 fully saturated rings. The number of rotatable bonds is 2. The van der Waals surface area contributed by atoms with Gasteiger partial charge in [-0.05, 0) is 47.9 Å². The van der Waals surface area contributed by atoms with E-state index in [1.54, 1.807) is 0 Å². The number of nitrogens with one attached hydrogen (secondary N) is 2. The van der Waals surface area contributed by atoms with Crippen molar-refractivity contribution < 1.29 is 4.90 Å². The normalized spacial score (nSPS) is 30.6. The summed E-state index contributed by atoms with van der Waals surface area (Å²) >= 11 is 1.53. The van der Waals surface area contributed by atoms with Gasteiger partial charge in [0.25, 0.3) is 0 Å². The van der Waals surface area contributed by atoms with Gasteiger partial charge >= 0.3 is 0 Å². The first-order valence-corrected chi connectivity index (χ1v) is 9.32. The van der Waals surface area contributed by atoms with Crippen molar-refractivity contribution in [1.29, 1.82) is 21.2 Å². The van der Waals surface area contributed by atoms with Gasteiger partial charge in [0.15, 0.2) is 5.41 Å². The lowest BCUT2D eigenvalue weighted by atomic mass is 9.54. The highest BCUT2D eigenvalue weighted by atomic mass is 32.1. The van der Waals surface area contributed by atoms with Crippen molar-refractivity contribution in [2.45, 2.75) is 25.8 Å². The van der Waals surface area contributed by atoms with Gasteiger partial charge in [0.05, 0.1) is 43.1 Å². The first-order chi connectivity index (χ1) is 12.0. The average molecular weight is 350 g/mol. The summed E-state index contributed by atoms with van der Waals surface area (Å²) in [6.07, 6.45) is 2.07. The Bertz CT molecular complexity index is 817.